The number of amides is 1. The summed E-state index contributed by atoms with van der Waals surface area (Å²) >= 11 is 1.70. The highest BCUT2D eigenvalue weighted by Crippen LogP contribution is 2.17. The lowest BCUT2D eigenvalue weighted by molar-refractivity contribution is -0.120. The number of hydrogen-bond acceptors (Lipinski definition) is 3. The van der Waals surface area contributed by atoms with Crippen molar-refractivity contribution in [1.29, 1.82) is 0 Å². The Hall–Kier alpha value is -1.00. The van der Waals surface area contributed by atoms with Crippen molar-refractivity contribution in [2.24, 2.45) is 0 Å². The third-order valence-electron chi connectivity index (χ3n) is 3.11. The second-order valence-electron chi connectivity index (χ2n) is 4.94. The van der Waals surface area contributed by atoms with Crippen LogP contribution in [0.1, 0.15) is 23.6 Å². The molecule has 1 atom stereocenters. The third-order valence-corrected chi connectivity index (χ3v) is 3.72. The normalized spacial score (nSPS) is 12.5. The zero-order chi connectivity index (χ0) is 14.3. The van der Waals surface area contributed by atoms with Gasteiger partial charge in [-0.3, -0.25) is 4.79 Å². The number of aryl methyl sites for hydroxylation is 1. The molecule has 0 saturated heterocycles. The van der Waals surface area contributed by atoms with E-state index in [-0.39, 0.29) is 11.9 Å². The van der Waals surface area contributed by atoms with Gasteiger partial charge in [0.25, 0.3) is 0 Å². The minimum absolute atomic E-state index is 0.133. The van der Waals surface area contributed by atoms with Gasteiger partial charge in [-0.2, -0.15) is 11.8 Å². The van der Waals surface area contributed by atoms with Crippen LogP contribution in [0.3, 0.4) is 0 Å². The summed E-state index contributed by atoms with van der Waals surface area (Å²) in [6, 6.07) is 8.71. The van der Waals surface area contributed by atoms with Crippen LogP contribution in [-0.2, 0) is 4.79 Å². The molecule has 0 aliphatic heterocycles. The maximum absolute atomic E-state index is 11.7. The fourth-order valence-electron chi connectivity index (χ4n) is 1.88. The van der Waals surface area contributed by atoms with Crippen molar-refractivity contribution in [2.75, 3.05) is 32.6 Å². The van der Waals surface area contributed by atoms with Gasteiger partial charge in [-0.05, 0) is 32.8 Å². The first kappa shape index (κ1) is 16.1. The summed E-state index contributed by atoms with van der Waals surface area (Å²) in [6.07, 6.45) is 2.61. The summed E-state index contributed by atoms with van der Waals surface area (Å²) in [5.41, 5.74) is 2.49. The van der Waals surface area contributed by atoms with E-state index >= 15 is 0 Å². The molecule has 4 heteroatoms. The Morgan fingerprint density at radius 3 is 2.47 bits per heavy atom. The number of thioether (sulfide) groups is 1. The number of nitrogens with zero attached hydrogens (tertiary/aromatic N) is 1. The Labute approximate surface area is 120 Å². The molecule has 0 bridgehead atoms. The van der Waals surface area contributed by atoms with E-state index < -0.39 is 0 Å². The monoisotopic (exact) mass is 280 g/mol. The predicted octanol–water partition coefficient (Wildman–Crippen LogP) is 2.47. The Morgan fingerprint density at radius 1 is 1.32 bits per heavy atom. The molecule has 0 aliphatic rings. The average molecular weight is 280 g/mol. The van der Waals surface area contributed by atoms with E-state index in [1.54, 1.807) is 11.8 Å². The smallest absolute Gasteiger partial charge is 0.220 e. The molecule has 1 rings (SSSR count). The molecular weight excluding hydrogens is 256 g/mol. The van der Waals surface area contributed by atoms with Crippen LogP contribution in [0, 0.1) is 6.92 Å². The van der Waals surface area contributed by atoms with Crippen LogP contribution >= 0.6 is 11.8 Å². The molecule has 3 nitrogen and oxygen atoms in total. The average Bonchev–Trinajstić information content (AvgIpc) is 2.38. The van der Waals surface area contributed by atoms with Crippen molar-refractivity contribution in [3.63, 3.8) is 0 Å². The number of nitrogens with one attached hydrogen (secondary N) is 1. The summed E-state index contributed by atoms with van der Waals surface area (Å²) in [4.78, 5) is 13.8. The van der Waals surface area contributed by atoms with Crippen LogP contribution in [0.15, 0.2) is 24.3 Å². The van der Waals surface area contributed by atoms with Crippen molar-refractivity contribution in [3.8, 4) is 0 Å². The van der Waals surface area contributed by atoms with Gasteiger partial charge < -0.3 is 10.2 Å². The van der Waals surface area contributed by atoms with Gasteiger partial charge in [-0.1, -0.05) is 29.8 Å². The van der Waals surface area contributed by atoms with Gasteiger partial charge >= 0.3 is 0 Å². The lowest BCUT2D eigenvalue weighted by atomic mass is 10.0. The Bertz CT molecular complexity index is 390. The minimum Gasteiger partial charge on any atom is -0.354 e. The molecule has 0 aromatic heterocycles. The molecule has 0 saturated carbocycles. The van der Waals surface area contributed by atoms with Gasteiger partial charge in [0.2, 0.25) is 5.91 Å². The molecule has 0 fully saturated rings. The molecule has 1 N–H and O–H groups in total. The maximum atomic E-state index is 11.7. The van der Waals surface area contributed by atoms with Crippen LogP contribution in [0.25, 0.3) is 0 Å². The summed E-state index contributed by atoms with van der Waals surface area (Å²) in [7, 11) is 4.08. The Kier molecular flexibility index (Phi) is 6.95. The largest absolute Gasteiger partial charge is 0.354 e. The number of rotatable bonds is 7. The van der Waals surface area contributed by atoms with Crippen LogP contribution in [0.2, 0.25) is 0 Å². The zero-order valence-electron chi connectivity index (χ0n) is 12.3. The van der Waals surface area contributed by atoms with Crippen molar-refractivity contribution >= 4 is 17.7 Å². The van der Waals surface area contributed by atoms with Crippen molar-refractivity contribution in [1.82, 2.24) is 10.2 Å². The Morgan fingerprint density at radius 2 is 1.95 bits per heavy atom. The lowest BCUT2D eigenvalue weighted by Crippen LogP contribution is -2.34. The van der Waals surface area contributed by atoms with Gasteiger partial charge in [-0.15, -0.1) is 0 Å². The topological polar surface area (TPSA) is 32.3 Å². The molecule has 0 aliphatic carbocycles. The predicted molar refractivity (Wildman–Crippen MR) is 83.6 cm³/mol. The number of carbonyl (C=O) groups is 1. The molecule has 1 amide bonds. The van der Waals surface area contributed by atoms with Crippen molar-refractivity contribution < 1.29 is 4.79 Å². The lowest BCUT2D eigenvalue weighted by Gasteiger charge is -2.25. The molecule has 0 radical (unpaired) electrons. The van der Waals surface area contributed by atoms with E-state index in [0.29, 0.717) is 13.0 Å². The molecule has 0 unspecified atom stereocenters. The van der Waals surface area contributed by atoms with E-state index in [1.807, 2.05) is 20.4 Å². The molecular formula is C15H24N2OS. The van der Waals surface area contributed by atoms with Gasteiger partial charge in [0.05, 0.1) is 6.04 Å². The first-order chi connectivity index (χ1) is 9.04. The number of carbonyl (C=O) groups excluding carboxylic acids is 1. The summed E-state index contributed by atoms with van der Waals surface area (Å²) in [6.45, 7) is 2.74. The molecule has 19 heavy (non-hydrogen) atoms. The number of likely N-dealkylation sites (N-methyl/N-ethyl adjacent to an activating group) is 1. The summed E-state index contributed by atoms with van der Waals surface area (Å²) in [5.74, 6) is 1.01. The van der Waals surface area contributed by atoms with Gasteiger partial charge in [0.15, 0.2) is 0 Å². The third kappa shape index (κ3) is 5.66. The molecule has 0 heterocycles. The van der Waals surface area contributed by atoms with Gasteiger partial charge in [0, 0.05) is 18.7 Å². The fourth-order valence-corrected chi connectivity index (χ4v) is 2.27. The van der Waals surface area contributed by atoms with E-state index in [2.05, 4.69) is 41.4 Å². The van der Waals surface area contributed by atoms with Crippen LogP contribution in [0.5, 0.6) is 0 Å². The van der Waals surface area contributed by atoms with Crippen LogP contribution < -0.4 is 5.32 Å². The van der Waals surface area contributed by atoms with E-state index in [4.69, 9.17) is 0 Å². The highest BCUT2D eigenvalue weighted by molar-refractivity contribution is 7.98. The second-order valence-corrected chi connectivity index (χ2v) is 5.92. The summed E-state index contributed by atoms with van der Waals surface area (Å²) < 4.78 is 0. The highest BCUT2D eigenvalue weighted by Gasteiger charge is 2.14. The minimum atomic E-state index is 0.133. The second kappa shape index (κ2) is 8.23. The van der Waals surface area contributed by atoms with E-state index in [1.165, 1.54) is 11.1 Å². The molecule has 0 spiro atoms. The quantitative estimate of drug-likeness (QED) is 0.833. The van der Waals surface area contributed by atoms with Crippen LogP contribution in [0.4, 0.5) is 0 Å². The fraction of sp³-hybridized carbons (Fsp3) is 0.533. The number of hydrogen-bond donors (Lipinski definition) is 1. The highest BCUT2D eigenvalue weighted by atomic mass is 32.2. The maximum Gasteiger partial charge on any atom is 0.220 e. The standard InChI is InChI=1S/C15H24N2OS/c1-12-5-7-13(8-6-12)14(17(2)3)11-16-15(18)9-10-19-4/h5-8,14H,9-11H2,1-4H3,(H,16,18)/t14-/m0/s1. The van der Waals surface area contributed by atoms with Crippen molar-refractivity contribution in [2.45, 2.75) is 19.4 Å². The van der Waals surface area contributed by atoms with Gasteiger partial charge in [-0.25, -0.2) is 0 Å². The molecule has 106 valence electrons. The molecule has 1 aromatic rings. The van der Waals surface area contributed by atoms with Crippen LogP contribution in [-0.4, -0.2) is 43.5 Å². The first-order valence-electron chi connectivity index (χ1n) is 6.53. The zero-order valence-corrected chi connectivity index (χ0v) is 13.1. The van der Waals surface area contributed by atoms with E-state index in [9.17, 15) is 4.79 Å². The van der Waals surface area contributed by atoms with Crippen molar-refractivity contribution in [3.05, 3.63) is 35.4 Å². The Balaban J connectivity index is 2.58. The molecule has 1 aromatic carbocycles. The van der Waals surface area contributed by atoms with Gasteiger partial charge in [0.1, 0.15) is 0 Å². The SMILES string of the molecule is CSCCC(=O)NC[C@@H](c1ccc(C)cc1)N(C)C. The first-order valence-corrected chi connectivity index (χ1v) is 7.92. The summed E-state index contributed by atoms with van der Waals surface area (Å²) in [5, 5.41) is 3.02. The van der Waals surface area contributed by atoms with E-state index in [0.717, 1.165) is 5.75 Å². The number of benzene rings is 1.